The van der Waals surface area contributed by atoms with Crippen LogP contribution in [0.2, 0.25) is 0 Å². The van der Waals surface area contributed by atoms with Gasteiger partial charge in [0, 0.05) is 18.3 Å². The van der Waals surface area contributed by atoms with Gasteiger partial charge in [-0.05, 0) is 31.5 Å². The van der Waals surface area contributed by atoms with Gasteiger partial charge in [0.25, 0.3) is 0 Å². The Labute approximate surface area is 145 Å². The van der Waals surface area contributed by atoms with Crippen LogP contribution in [0.5, 0.6) is 0 Å². The highest BCUT2D eigenvalue weighted by molar-refractivity contribution is 5.96. The Morgan fingerprint density at radius 3 is 2.76 bits per heavy atom. The fourth-order valence-electron chi connectivity index (χ4n) is 2.17. The number of hydrogen-bond acceptors (Lipinski definition) is 5. The predicted octanol–water partition coefficient (Wildman–Crippen LogP) is 2.74. The third-order valence-corrected chi connectivity index (χ3v) is 3.25. The highest BCUT2D eigenvalue weighted by atomic mass is 16.5. The van der Waals surface area contributed by atoms with Gasteiger partial charge in [-0.15, -0.1) is 0 Å². The van der Waals surface area contributed by atoms with Crippen LogP contribution in [0.1, 0.15) is 24.7 Å². The molecule has 0 spiro atoms. The number of nitriles is 1. The standard InChI is InChI=1S/C17H19N5O3/c1-3-7-22(11-16(23)20-15-8-12(2)25-21-15)17(24)19-14-6-4-5-13(9-14)10-18/h4-6,8-9H,3,7,11H2,1-2H3,(H,19,24)(H,20,21,23). The topological polar surface area (TPSA) is 111 Å². The minimum Gasteiger partial charge on any atom is -0.360 e. The second-order valence-electron chi connectivity index (χ2n) is 5.42. The number of aryl methyl sites for hydroxylation is 1. The molecule has 130 valence electrons. The van der Waals surface area contributed by atoms with Gasteiger partial charge in [0.2, 0.25) is 5.91 Å². The molecule has 2 N–H and O–H groups in total. The van der Waals surface area contributed by atoms with Crippen LogP contribution in [0, 0.1) is 18.3 Å². The van der Waals surface area contributed by atoms with E-state index in [1.165, 1.54) is 4.90 Å². The number of hydrogen-bond donors (Lipinski definition) is 2. The van der Waals surface area contributed by atoms with Gasteiger partial charge in [0.1, 0.15) is 12.3 Å². The molecular weight excluding hydrogens is 322 g/mol. The van der Waals surface area contributed by atoms with Crippen molar-refractivity contribution in [2.45, 2.75) is 20.3 Å². The van der Waals surface area contributed by atoms with Gasteiger partial charge in [-0.3, -0.25) is 4.79 Å². The molecule has 8 nitrogen and oxygen atoms in total. The number of nitrogens with zero attached hydrogens (tertiary/aromatic N) is 3. The quantitative estimate of drug-likeness (QED) is 0.839. The number of nitrogens with one attached hydrogen (secondary N) is 2. The first kappa shape index (κ1) is 18.0. The number of aromatic nitrogens is 1. The van der Waals surface area contributed by atoms with Crippen LogP contribution >= 0.6 is 0 Å². The third-order valence-electron chi connectivity index (χ3n) is 3.25. The average molecular weight is 341 g/mol. The number of carbonyl (C=O) groups is 2. The van der Waals surface area contributed by atoms with Gasteiger partial charge in [-0.25, -0.2) is 4.79 Å². The van der Waals surface area contributed by atoms with Crippen LogP contribution in [0.15, 0.2) is 34.9 Å². The molecule has 3 amide bonds. The SMILES string of the molecule is CCCN(CC(=O)Nc1cc(C)on1)C(=O)Nc1cccc(C#N)c1. The molecule has 2 aromatic rings. The zero-order valence-electron chi connectivity index (χ0n) is 14.1. The van der Waals surface area contributed by atoms with Gasteiger partial charge in [-0.2, -0.15) is 5.26 Å². The molecule has 25 heavy (non-hydrogen) atoms. The Bertz CT molecular complexity index is 794. The van der Waals surface area contributed by atoms with Crippen LogP contribution in [0.4, 0.5) is 16.3 Å². The lowest BCUT2D eigenvalue weighted by molar-refractivity contribution is -0.116. The minimum absolute atomic E-state index is 0.122. The Morgan fingerprint density at radius 1 is 1.32 bits per heavy atom. The highest BCUT2D eigenvalue weighted by Crippen LogP contribution is 2.11. The second-order valence-corrected chi connectivity index (χ2v) is 5.42. The van der Waals surface area contributed by atoms with Crippen molar-refractivity contribution in [2.24, 2.45) is 0 Å². The summed E-state index contributed by atoms with van der Waals surface area (Å²) in [5, 5.41) is 17.9. The third kappa shape index (κ3) is 5.35. The van der Waals surface area contributed by atoms with E-state index >= 15 is 0 Å². The lowest BCUT2D eigenvalue weighted by atomic mass is 10.2. The van der Waals surface area contributed by atoms with Crippen LogP contribution in [0.3, 0.4) is 0 Å². The summed E-state index contributed by atoms with van der Waals surface area (Å²) in [5.74, 6) is 0.514. The van der Waals surface area contributed by atoms with Gasteiger partial charge in [0.15, 0.2) is 5.82 Å². The summed E-state index contributed by atoms with van der Waals surface area (Å²) in [7, 11) is 0. The van der Waals surface area contributed by atoms with Crippen LogP contribution in [0.25, 0.3) is 0 Å². The lowest BCUT2D eigenvalue weighted by Crippen LogP contribution is -2.41. The molecule has 0 fully saturated rings. The van der Waals surface area contributed by atoms with Gasteiger partial charge < -0.3 is 20.1 Å². The summed E-state index contributed by atoms with van der Waals surface area (Å²) in [6, 6.07) is 9.77. The van der Waals surface area contributed by atoms with Gasteiger partial charge in [-0.1, -0.05) is 18.1 Å². The number of amides is 3. The minimum atomic E-state index is -0.413. The van der Waals surface area contributed by atoms with Crippen molar-refractivity contribution in [3.8, 4) is 6.07 Å². The first-order chi connectivity index (χ1) is 12.0. The maximum Gasteiger partial charge on any atom is 0.322 e. The Hall–Kier alpha value is -3.34. The Balaban J connectivity index is 1.99. The first-order valence-corrected chi connectivity index (χ1v) is 7.81. The normalized spacial score (nSPS) is 9.96. The molecule has 1 aromatic carbocycles. The van der Waals surface area contributed by atoms with E-state index in [9.17, 15) is 9.59 Å². The van der Waals surface area contributed by atoms with Crippen molar-refractivity contribution >= 4 is 23.4 Å². The van der Waals surface area contributed by atoms with Crippen molar-refractivity contribution in [1.82, 2.24) is 10.1 Å². The maximum absolute atomic E-state index is 12.4. The Kier molecular flexibility index (Phi) is 6.12. The molecule has 1 aromatic heterocycles. The molecule has 1 heterocycles. The fraction of sp³-hybridized carbons (Fsp3) is 0.294. The summed E-state index contributed by atoms with van der Waals surface area (Å²) in [6.07, 6.45) is 0.696. The average Bonchev–Trinajstić information content (AvgIpc) is 2.99. The number of carbonyl (C=O) groups excluding carboxylic acids is 2. The summed E-state index contributed by atoms with van der Waals surface area (Å²) in [5.41, 5.74) is 0.941. The van der Waals surface area contributed by atoms with Crippen molar-refractivity contribution in [2.75, 3.05) is 23.7 Å². The molecule has 0 radical (unpaired) electrons. The zero-order valence-corrected chi connectivity index (χ0v) is 14.1. The summed E-state index contributed by atoms with van der Waals surface area (Å²) < 4.78 is 4.88. The predicted molar refractivity (Wildman–Crippen MR) is 91.9 cm³/mol. The molecule has 0 atom stereocenters. The lowest BCUT2D eigenvalue weighted by Gasteiger charge is -2.21. The van der Waals surface area contributed by atoms with Crippen molar-refractivity contribution in [1.29, 1.82) is 5.26 Å². The number of anilines is 2. The molecule has 0 saturated carbocycles. The molecular formula is C17H19N5O3. The van der Waals surface area contributed by atoms with Crippen LogP contribution < -0.4 is 10.6 Å². The molecule has 0 unspecified atom stereocenters. The summed E-state index contributed by atoms with van der Waals surface area (Å²) in [4.78, 5) is 25.9. The molecule has 0 saturated heterocycles. The number of rotatable bonds is 6. The van der Waals surface area contributed by atoms with E-state index in [2.05, 4.69) is 15.8 Å². The molecule has 0 aliphatic carbocycles. The molecule has 0 aliphatic rings. The maximum atomic E-state index is 12.4. The number of benzene rings is 1. The van der Waals surface area contributed by atoms with Crippen LogP contribution in [-0.4, -0.2) is 35.1 Å². The van der Waals surface area contributed by atoms with E-state index in [-0.39, 0.29) is 12.5 Å². The van der Waals surface area contributed by atoms with E-state index < -0.39 is 6.03 Å². The summed E-state index contributed by atoms with van der Waals surface area (Å²) in [6.45, 7) is 3.92. The van der Waals surface area contributed by atoms with E-state index in [0.29, 0.717) is 35.8 Å². The van der Waals surface area contributed by atoms with E-state index in [1.807, 2.05) is 13.0 Å². The first-order valence-electron chi connectivity index (χ1n) is 7.81. The monoisotopic (exact) mass is 341 g/mol. The fourth-order valence-corrected chi connectivity index (χ4v) is 2.17. The molecule has 0 aliphatic heterocycles. The second kappa shape index (κ2) is 8.49. The molecule has 8 heteroatoms. The largest absolute Gasteiger partial charge is 0.360 e. The van der Waals surface area contributed by atoms with Crippen molar-refractivity contribution in [3.63, 3.8) is 0 Å². The van der Waals surface area contributed by atoms with Crippen LogP contribution in [-0.2, 0) is 4.79 Å². The Morgan fingerprint density at radius 2 is 2.12 bits per heavy atom. The summed E-state index contributed by atoms with van der Waals surface area (Å²) >= 11 is 0. The smallest absolute Gasteiger partial charge is 0.322 e. The van der Waals surface area contributed by atoms with E-state index in [0.717, 1.165) is 0 Å². The van der Waals surface area contributed by atoms with Crippen molar-refractivity contribution < 1.29 is 14.1 Å². The highest BCUT2D eigenvalue weighted by Gasteiger charge is 2.17. The van der Waals surface area contributed by atoms with E-state index in [1.54, 1.807) is 37.3 Å². The van der Waals surface area contributed by atoms with E-state index in [4.69, 9.17) is 9.78 Å². The van der Waals surface area contributed by atoms with Gasteiger partial charge >= 0.3 is 6.03 Å². The zero-order chi connectivity index (χ0) is 18.2. The number of urea groups is 1. The molecule has 2 rings (SSSR count). The molecule has 0 bridgehead atoms. The van der Waals surface area contributed by atoms with Gasteiger partial charge in [0.05, 0.1) is 11.6 Å². The van der Waals surface area contributed by atoms with Crippen molar-refractivity contribution in [3.05, 3.63) is 41.7 Å².